The molecule has 2 atom stereocenters. The third-order valence-electron chi connectivity index (χ3n) is 5.85. The smallest absolute Gasteiger partial charge is 0.225 e. The summed E-state index contributed by atoms with van der Waals surface area (Å²) >= 11 is 3.94. The summed E-state index contributed by atoms with van der Waals surface area (Å²) in [6.45, 7) is 0. The summed E-state index contributed by atoms with van der Waals surface area (Å²) in [6.07, 6.45) is 7.42. The van der Waals surface area contributed by atoms with E-state index in [-0.39, 0.29) is 21.3 Å². The Hall–Kier alpha value is -0.970. The second kappa shape index (κ2) is 5.27. The van der Waals surface area contributed by atoms with Crippen molar-refractivity contribution in [1.82, 2.24) is 0 Å². The van der Waals surface area contributed by atoms with Crippen molar-refractivity contribution in [2.24, 2.45) is 17.3 Å². The molecule has 2 unspecified atom stereocenters. The van der Waals surface area contributed by atoms with E-state index in [2.05, 4.69) is 21.2 Å². The number of amides is 1. The molecule has 5 heteroatoms. The summed E-state index contributed by atoms with van der Waals surface area (Å²) in [5.74, 6) is -0.0887. The highest BCUT2D eigenvalue weighted by Gasteiger charge is 2.57. The molecule has 0 heterocycles. The van der Waals surface area contributed by atoms with Gasteiger partial charge in [0.25, 0.3) is 0 Å². The molecular weight excluding hydrogens is 364 g/mol. The van der Waals surface area contributed by atoms with E-state index in [1.807, 2.05) is 0 Å². The molecule has 1 aromatic carbocycles. The quantitative estimate of drug-likeness (QED) is 0.728. The Bertz CT molecular complexity index is 648. The number of carbonyl (C=O) groups excluding carboxylic acids is 1. The molecule has 124 valence electrons. The van der Waals surface area contributed by atoms with Crippen molar-refractivity contribution in [3.8, 4) is 0 Å². The van der Waals surface area contributed by atoms with Gasteiger partial charge in [0.05, 0.1) is 5.69 Å². The Kier molecular flexibility index (Phi) is 3.56. The molecule has 5 rings (SSSR count). The van der Waals surface area contributed by atoms with Gasteiger partial charge in [-0.1, -0.05) is 15.9 Å². The third-order valence-corrected chi connectivity index (χ3v) is 6.78. The minimum absolute atomic E-state index is 0.0498. The van der Waals surface area contributed by atoms with Crippen LogP contribution in [0.3, 0.4) is 0 Å². The Morgan fingerprint density at radius 2 is 1.91 bits per heavy atom. The van der Waals surface area contributed by atoms with Gasteiger partial charge in [-0.05, 0) is 67.9 Å². The molecule has 2 nitrogen and oxygen atoms in total. The van der Waals surface area contributed by atoms with Crippen LogP contribution in [0.2, 0.25) is 0 Å². The lowest BCUT2D eigenvalue weighted by atomic mass is 9.48. The van der Waals surface area contributed by atoms with E-state index in [1.54, 1.807) is 0 Å². The van der Waals surface area contributed by atoms with Gasteiger partial charge in [0.1, 0.15) is 11.6 Å². The van der Waals surface area contributed by atoms with Crippen molar-refractivity contribution in [1.29, 1.82) is 0 Å². The summed E-state index contributed by atoms with van der Waals surface area (Å²) in [6, 6.07) is 3.25. The number of anilines is 1. The lowest BCUT2D eigenvalue weighted by molar-refractivity contribution is -0.123. The first-order valence-corrected chi connectivity index (χ1v) is 9.08. The SMILES string of the molecule is O=C(CC12CC3CC(CC(Br)(C3)C1)C2)Nc1ccc(F)cc1F. The van der Waals surface area contributed by atoms with Crippen LogP contribution < -0.4 is 5.32 Å². The zero-order chi connectivity index (χ0) is 16.2. The monoisotopic (exact) mass is 383 g/mol. The van der Waals surface area contributed by atoms with Crippen LogP contribution in [0.1, 0.15) is 44.9 Å². The molecule has 4 aliphatic rings. The number of nitrogens with one attached hydrogen (secondary N) is 1. The molecule has 1 aromatic rings. The first kappa shape index (κ1) is 15.6. The van der Waals surface area contributed by atoms with Crippen molar-refractivity contribution >= 4 is 27.5 Å². The Morgan fingerprint density at radius 1 is 1.22 bits per heavy atom. The lowest BCUT2D eigenvalue weighted by Crippen LogP contribution is -2.53. The average molecular weight is 384 g/mol. The van der Waals surface area contributed by atoms with E-state index in [1.165, 1.54) is 25.3 Å². The van der Waals surface area contributed by atoms with Crippen LogP contribution >= 0.6 is 15.9 Å². The third kappa shape index (κ3) is 2.92. The number of carbonyl (C=O) groups is 1. The second-order valence-electron chi connectivity index (χ2n) is 7.96. The number of hydrogen-bond donors (Lipinski definition) is 1. The van der Waals surface area contributed by atoms with Gasteiger partial charge < -0.3 is 5.32 Å². The summed E-state index contributed by atoms with van der Waals surface area (Å²) in [5, 5.41) is 2.63. The standard InChI is InChI=1S/C18H20BrF2NO/c19-18-7-11-3-12(8-18)6-17(5-11,10-18)9-16(23)22-15-2-1-13(20)4-14(15)21/h1-2,4,11-12H,3,5-10H2,(H,22,23). The van der Waals surface area contributed by atoms with Gasteiger partial charge >= 0.3 is 0 Å². The highest BCUT2D eigenvalue weighted by atomic mass is 79.9. The van der Waals surface area contributed by atoms with Gasteiger partial charge in [-0.2, -0.15) is 0 Å². The maximum absolute atomic E-state index is 13.7. The number of hydrogen-bond acceptors (Lipinski definition) is 1. The summed E-state index contributed by atoms with van der Waals surface area (Å²) in [7, 11) is 0. The molecule has 0 spiro atoms. The summed E-state index contributed by atoms with van der Waals surface area (Å²) < 4.78 is 26.9. The van der Waals surface area contributed by atoms with Crippen LogP contribution in [0.15, 0.2) is 18.2 Å². The van der Waals surface area contributed by atoms with Crippen LogP contribution in [0.5, 0.6) is 0 Å². The average Bonchev–Trinajstić information content (AvgIpc) is 2.38. The molecule has 4 fully saturated rings. The minimum Gasteiger partial charge on any atom is -0.324 e. The molecule has 1 amide bonds. The van der Waals surface area contributed by atoms with Gasteiger partial charge in [-0.3, -0.25) is 4.79 Å². The number of alkyl halides is 1. The maximum atomic E-state index is 13.7. The zero-order valence-corrected chi connectivity index (χ0v) is 14.5. The zero-order valence-electron chi connectivity index (χ0n) is 12.9. The van der Waals surface area contributed by atoms with E-state index in [0.717, 1.165) is 31.4 Å². The minimum atomic E-state index is -0.721. The predicted octanol–water partition coefficient (Wildman–Crippen LogP) is 5.03. The van der Waals surface area contributed by atoms with Crippen molar-refractivity contribution in [2.45, 2.75) is 49.3 Å². The maximum Gasteiger partial charge on any atom is 0.225 e. The van der Waals surface area contributed by atoms with E-state index in [9.17, 15) is 13.6 Å². The second-order valence-corrected chi connectivity index (χ2v) is 9.64. The van der Waals surface area contributed by atoms with Crippen LogP contribution in [0, 0.1) is 28.9 Å². The van der Waals surface area contributed by atoms with Gasteiger partial charge in [0, 0.05) is 16.8 Å². The molecule has 0 aliphatic heterocycles. The Morgan fingerprint density at radius 3 is 2.52 bits per heavy atom. The molecular formula is C18H20BrF2NO. The Balaban J connectivity index is 1.48. The van der Waals surface area contributed by atoms with Crippen LogP contribution in [0.25, 0.3) is 0 Å². The highest BCUT2D eigenvalue weighted by Crippen LogP contribution is 2.65. The molecule has 0 aromatic heterocycles. The first-order valence-electron chi connectivity index (χ1n) is 8.29. The highest BCUT2D eigenvalue weighted by molar-refractivity contribution is 9.10. The summed E-state index contributed by atoms with van der Waals surface area (Å²) in [5.41, 5.74) is 0.114. The van der Waals surface area contributed by atoms with E-state index in [4.69, 9.17) is 0 Å². The fourth-order valence-electron chi connectivity index (χ4n) is 5.67. The predicted molar refractivity (Wildman–Crippen MR) is 88.4 cm³/mol. The topological polar surface area (TPSA) is 29.1 Å². The molecule has 4 saturated carbocycles. The fourth-order valence-corrected chi connectivity index (χ4v) is 7.18. The van der Waals surface area contributed by atoms with Crippen molar-refractivity contribution in [3.63, 3.8) is 0 Å². The van der Waals surface area contributed by atoms with Crippen LogP contribution in [-0.2, 0) is 4.79 Å². The van der Waals surface area contributed by atoms with Gasteiger partial charge in [-0.25, -0.2) is 8.78 Å². The normalized spacial score (nSPS) is 37.9. The van der Waals surface area contributed by atoms with Crippen molar-refractivity contribution in [2.75, 3.05) is 5.32 Å². The van der Waals surface area contributed by atoms with Gasteiger partial charge in [0.2, 0.25) is 5.91 Å². The van der Waals surface area contributed by atoms with Crippen LogP contribution in [-0.4, -0.2) is 10.2 Å². The lowest BCUT2D eigenvalue weighted by Gasteiger charge is -2.60. The van der Waals surface area contributed by atoms with E-state index in [0.29, 0.717) is 18.3 Å². The fraction of sp³-hybridized carbons (Fsp3) is 0.611. The van der Waals surface area contributed by atoms with E-state index < -0.39 is 11.6 Å². The van der Waals surface area contributed by atoms with Crippen molar-refractivity contribution < 1.29 is 13.6 Å². The van der Waals surface area contributed by atoms with Crippen LogP contribution in [0.4, 0.5) is 14.5 Å². The molecule has 4 bridgehead atoms. The van der Waals surface area contributed by atoms with Gasteiger partial charge in [0.15, 0.2) is 0 Å². The number of rotatable bonds is 3. The molecule has 23 heavy (non-hydrogen) atoms. The molecule has 4 aliphatic carbocycles. The first-order chi connectivity index (χ1) is 10.8. The summed E-state index contributed by atoms with van der Waals surface area (Å²) in [4.78, 5) is 12.5. The molecule has 0 radical (unpaired) electrons. The largest absolute Gasteiger partial charge is 0.324 e. The van der Waals surface area contributed by atoms with Crippen molar-refractivity contribution in [3.05, 3.63) is 29.8 Å². The van der Waals surface area contributed by atoms with Gasteiger partial charge in [-0.15, -0.1) is 0 Å². The number of benzene rings is 1. The Labute approximate surface area is 143 Å². The molecule has 1 N–H and O–H groups in total. The molecule has 0 saturated heterocycles. The number of halogens is 3. The van der Waals surface area contributed by atoms with E-state index >= 15 is 0 Å².